The number of benzene rings is 1. The molecule has 0 radical (unpaired) electrons. The maximum Gasteiger partial charge on any atom is 0.338 e. The summed E-state index contributed by atoms with van der Waals surface area (Å²) in [5, 5.41) is 6.82. The first-order valence-electron chi connectivity index (χ1n) is 9.28. The monoisotopic (exact) mass is 379 g/mol. The van der Waals surface area contributed by atoms with Gasteiger partial charge in [-0.1, -0.05) is 13.8 Å². The minimum Gasteiger partial charge on any atom is -0.461 e. The molecule has 144 valence electrons. The van der Waals surface area contributed by atoms with Crippen molar-refractivity contribution in [3.8, 4) is 0 Å². The summed E-state index contributed by atoms with van der Waals surface area (Å²) < 4.78 is 10.9. The minimum absolute atomic E-state index is 0.239. The second kappa shape index (κ2) is 11.1. The topological polar surface area (TPSA) is 62.8 Å². The molecule has 0 bridgehead atoms. The fourth-order valence-electron chi connectivity index (χ4n) is 2.77. The second-order valence-electron chi connectivity index (χ2n) is 6.21. The highest BCUT2D eigenvalue weighted by atomic mass is 32.1. The van der Waals surface area contributed by atoms with E-state index in [1.165, 1.54) is 0 Å². The van der Waals surface area contributed by atoms with E-state index in [0.29, 0.717) is 23.8 Å². The van der Waals surface area contributed by atoms with Crippen molar-refractivity contribution in [2.45, 2.75) is 32.8 Å². The number of esters is 1. The van der Waals surface area contributed by atoms with E-state index in [0.717, 1.165) is 44.8 Å². The number of thiocarbonyl (C=S) groups is 1. The molecule has 6 nitrogen and oxygen atoms in total. The highest BCUT2D eigenvalue weighted by Crippen LogP contribution is 2.12. The van der Waals surface area contributed by atoms with E-state index in [4.69, 9.17) is 21.7 Å². The molecule has 1 fully saturated rings. The van der Waals surface area contributed by atoms with Crippen LogP contribution in [0.2, 0.25) is 0 Å². The molecule has 0 unspecified atom stereocenters. The number of ether oxygens (including phenoxy) is 2. The fraction of sp³-hybridized carbons (Fsp3) is 0.579. The lowest BCUT2D eigenvalue weighted by molar-refractivity contribution is 0.0466. The molecule has 1 aromatic rings. The van der Waals surface area contributed by atoms with Gasteiger partial charge >= 0.3 is 5.97 Å². The van der Waals surface area contributed by atoms with E-state index < -0.39 is 0 Å². The molecule has 0 aromatic heterocycles. The normalized spacial score (nSPS) is 16.5. The second-order valence-corrected chi connectivity index (χ2v) is 6.62. The van der Waals surface area contributed by atoms with Gasteiger partial charge in [-0.05, 0) is 62.4 Å². The average Bonchev–Trinajstić information content (AvgIpc) is 3.18. The zero-order valence-electron chi connectivity index (χ0n) is 15.6. The van der Waals surface area contributed by atoms with Gasteiger partial charge in [-0.3, -0.25) is 0 Å². The van der Waals surface area contributed by atoms with Gasteiger partial charge in [0, 0.05) is 25.4 Å². The number of likely N-dealkylation sites (N-methyl/N-ethyl adjacent to an activating group) is 1. The summed E-state index contributed by atoms with van der Waals surface area (Å²) in [6.07, 6.45) is 2.42. The summed E-state index contributed by atoms with van der Waals surface area (Å²) in [5.74, 6) is -0.303. The van der Waals surface area contributed by atoms with Gasteiger partial charge in [0.25, 0.3) is 0 Å². The summed E-state index contributed by atoms with van der Waals surface area (Å²) in [4.78, 5) is 14.3. The summed E-state index contributed by atoms with van der Waals surface area (Å²) in [7, 11) is 0. The van der Waals surface area contributed by atoms with E-state index in [9.17, 15) is 4.79 Å². The van der Waals surface area contributed by atoms with Crippen LogP contribution in [0.15, 0.2) is 24.3 Å². The number of anilines is 1. The summed E-state index contributed by atoms with van der Waals surface area (Å²) in [5.41, 5.74) is 1.36. The van der Waals surface area contributed by atoms with Gasteiger partial charge in [0.1, 0.15) is 6.61 Å². The van der Waals surface area contributed by atoms with Gasteiger partial charge < -0.3 is 25.0 Å². The molecular formula is C19H29N3O3S. The van der Waals surface area contributed by atoms with E-state index in [2.05, 4.69) is 29.4 Å². The SMILES string of the molecule is CCN(CC)CCOC(=O)c1ccc(NC(=S)NC[C@@H]2CCCO2)cc1. The molecule has 0 spiro atoms. The number of carbonyl (C=O) groups is 1. The van der Waals surface area contributed by atoms with Gasteiger partial charge in [0.2, 0.25) is 0 Å². The first kappa shape index (κ1) is 20.6. The van der Waals surface area contributed by atoms with Crippen LogP contribution in [0.1, 0.15) is 37.0 Å². The number of nitrogens with zero attached hydrogens (tertiary/aromatic N) is 1. The molecule has 1 saturated heterocycles. The Morgan fingerprint density at radius 2 is 2.04 bits per heavy atom. The van der Waals surface area contributed by atoms with Crippen molar-refractivity contribution < 1.29 is 14.3 Å². The largest absolute Gasteiger partial charge is 0.461 e. The Labute approximate surface area is 161 Å². The van der Waals surface area contributed by atoms with Crippen molar-refractivity contribution >= 4 is 29.0 Å². The van der Waals surface area contributed by atoms with Gasteiger partial charge in [-0.2, -0.15) is 0 Å². The van der Waals surface area contributed by atoms with Crippen LogP contribution in [0.4, 0.5) is 5.69 Å². The quantitative estimate of drug-likeness (QED) is 0.505. The smallest absolute Gasteiger partial charge is 0.338 e. The number of hydrogen-bond donors (Lipinski definition) is 2. The third-order valence-corrected chi connectivity index (χ3v) is 4.67. The molecule has 1 aromatic carbocycles. The molecule has 2 rings (SSSR count). The Morgan fingerprint density at radius 1 is 1.31 bits per heavy atom. The van der Waals surface area contributed by atoms with Crippen LogP contribution in [0.25, 0.3) is 0 Å². The van der Waals surface area contributed by atoms with Crippen LogP contribution in [0.3, 0.4) is 0 Å². The van der Waals surface area contributed by atoms with Crippen molar-refractivity contribution in [2.75, 3.05) is 44.7 Å². The maximum absolute atomic E-state index is 12.1. The number of hydrogen-bond acceptors (Lipinski definition) is 5. The molecule has 7 heteroatoms. The van der Waals surface area contributed by atoms with Crippen LogP contribution in [0, 0.1) is 0 Å². The molecule has 1 aliphatic heterocycles. The zero-order valence-corrected chi connectivity index (χ0v) is 16.4. The Balaban J connectivity index is 1.72. The fourth-order valence-corrected chi connectivity index (χ4v) is 2.97. The van der Waals surface area contributed by atoms with Crippen LogP contribution >= 0.6 is 12.2 Å². The molecule has 1 aliphatic rings. The van der Waals surface area contributed by atoms with E-state index in [-0.39, 0.29) is 12.1 Å². The number of carbonyl (C=O) groups excluding carboxylic acids is 1. The molecule has 0 saturated carbocycles. The Bertz CT molecular complexity index is 570. The Kier molecular flexibility index (Phi) is 8.80. The first-order valence-corrected chi connectivity index (χ1v) is 9.69. The van der Waals surface area contributed by atoms with Crippen LogP contribution < -0.4 is 10.6 Å². The van der Waals surface area contributed by atoms with Crippen LogP contribution in [-0.4, -0.2) is 61.5 Å². The summed E-state index contributed by atoms with van der Waals surface area (Å²) in [6, 6.07) is 7.12. The predicted octanol–water partition coefficient (Wildman–Crippen LogP) is 2.65. The van der Waals surface area contributed by atoms with Crippen molar-refractivity contribution in [1.82, 2.24) is 10.2 Å². The van der Waals surface area contributed by atoms with Gasteiger partial charge in [-0.15, -0.1) is 0 Å². The van der Waals surface area contributed by atoms with E-state index >= 15 is 0 Å². The number of rotatable bonds is 9. The Morgan fingerprint density at radius 3 is 2.65 bits per heavy atom. The molecular weight excluding hydrogens is 350 g/mol. The zero-order chi connectivity index (χ0) is 18.8. The van der Waals surface area contributed by atoms with E-state index in [1.54, 1.807) is 12.1 Å². The molecule has 0 amide bonds. The highest BCUT2D eigenvalue weighted by molar-refractivity contribution is 7.80. The van der Waals surface area contributed by atoms with Gasteiger partial charge in [0.05, 0.1) is 11.7 Å². The lowest BCUT2D eigenvalue weighted by Crippen LogP contribution is -2.34. The summed E-state index contributed by atoms with van der Waals surface area (Å²) in [6.45, 7) is 8.79. The lowest BCUT2D eigenvalue weighted by atomic mass is 10.2. The van der Waals surface area contributed by atoms with Crippen molar-refractivity contribution in [1.29, 1.82) is 0 Å². The Hall–Kier alpha value is -1.70. The van der Waals surface area contributed by atoms with Crippen LogP contribution in [-0.2, 0) is 9.47 Å². The molecule has 0 aliphatic carbocycles. The lowest BCUT2D eigenvalue weighted by Gasteiger charge is -2.17. The third kappa shape index (κ3) is 6.90. The maximum atomic E-state index is 12.1. The molecule has 2 N–H and O–H groups in total. The minimum atomic E-state index is -0.303. The van der Waals surface area contributed by atoms with Crippen molar-refractivity contribution in [3.63, 3.8) is 0 Å². The average molecular weight is 380 g/mol. The number of nitrogens with one attached hydrogen (secondary N) is 2. The third-order valence-electron chi connectivity index (χ3n) is 4.43. The van der Waals surface area contributed by atoms with Gasteiger partial charge in [-0.25, -0.2) is 4.79 Å². The van der Waals surface area contributed by atoms with Crippen molar-refractivity contribution in [3.05, 3.63) is 29.8 Å². The molecule has 1 atom stereocenters. The molecule has 1 heterocycles. The van der Waals surface area contributed by atoms with Gasteiger partial charge in [0.15, 0.2) is 5.11 Å². The van der Waals surface area contributed by atoms with Crippen molar-refractivity contribution in [2.24, 2.45) is 0 Å². The first-order chi connectivity index (χ1) is 12.6. The molecule has 26 heavy (non-hydrogen) atoms. The van der Waals surface area contributed by atoms with Crippen LogP contribution in [0.5, 0.6) is 0 Å². The van der Waals surface area contributed by atoms with E-state index in [1.807, 2.05) is 12.1 Å². The standard InChI is InChI=1S/C19H29N3O3S/c1-3-22(4-2)11-13-25-18(23)15-7-9-16(10-8-15)21-19(26)20-14-17-6-5-12-24-17/h7-10,17H,3-6,11-14H2,1-2H3,(H2,20,21,26)/t17-/m0/s1. The highest BCUT2D eigenvalue weighted by Gasteiger charge is 2.15. The predicted molar refractivity (Wildman–Crippen MR) is 108 cm³/mol. The summed E-state index contributed by atoms with van der Waals surface area (Å²) >= 11 is 5.29.